The Morgan fingerprint density at radius 3 is 2.65 bits per heavy atom. The van der Waals surface area contributed by atoms with Crippen LogP contribution < -0.4 is 15.6 Å². The van der Waals surface area contributed by atoms with Gasteiger partial charge in [-0.2, -0.15) is 8.78 Å². The molecule has 1 aromatic heterocycles. The summed E-state index contributed by atoms with van der Waals surface area (Å²) in [6.07, 6.45) is 1.71. The van der Waals surface area contributed by atoms with Crippen molar-refractivity contribution >= 4 is 5.91 Å². The van der Waals surface area contributed by atoms with Crippen molar-refractivity contribution in [1.82, 2.24) is 9.88 Å². The lowest BCUT2D eigenvalue weighted by Crippen LogP contribution is -2.26. The van der Waals surface area contributed by atoms with E-state index in [2.05, 4.69) is 10.1 Å². The topological polar surface area (TPSA) is 60.3 Å². The van der Waals surface area contributed by atoms with E-state index in [9.17, 15) is 18.4 Å². The molecule has 1 N–H and O–H groups in total. The molecule has 0 bridgehead atoms. The summed E-state index contributed by atoms with van der Waals surface area (Å²) < 4.78 is 30.4. The minimum Gasteiger partial charge on any atom is -0.434 e. The average Bonchev–Trinajstić information content (AvgIpc) is 2.53. The second kappa shape index (κ2) is 8.07. The van der Waals surface area contributed by atoms with Crippen molar-refractivity contribution in [2.75, 3.05) is 0 Å². The van der Waals surface area contributed by atoms with Crippen LogP contribution in [0.5, 0.6) is 5.75 Å². The van der Waals surface area contributed by atoms with Crippen LogP contribution in [-0.4, -0.2) is 17.1 Å². The quantitative estimate of drug-likeness (QED) is 0.850. The van der Waals surface area contributed by atoms with Crippen molar-refractivity contribution in [1.29, 1.82) is 0 Å². The smallest absolute Gasteiger partial charge is 0.387 e. The second-order valence-electron chi connectivity index (χ2n) is 4.75. The Labute approximate surface area is 131 Å². The second-order valence-corrected chi connectivity index (χ2v) is 4.75. The van der Waals surface area contributed by atoms with Gasteiger partial charge in [-0.3, -0.25) is 9.59 Å². The number of aryl methyl sites for hydroxylation is 1. The van der Waals surface area contributed by atoms with Crippen LogP contribution >= 0.6 is 0 Å². The molecule has 0 radical (unpaired) electrons. The van der Waals surface area contributed by atoms with Gasteiger partial charge in [0.2, 0.25) is 5.91 Å². The van der Waals surface area contributed by atoms with Gasteiger partial charge in [-0.15, -0.1) is 0 Å². The Morgan fingerprint density at radius 2 is 1.91 bits per heavy atom. The first-order valence-electron chi connectivity index (χ1n) is 7.01. The van der Waals surface area contributed by atoms with Crippen molar-refractivity contribution in [3.63, 3.8) is 0 Å². The Kier molecular flexibility index (Phi) is 5.85. The van der Waals surface area contributed by atoms with Crippen LogP contribution in [0.25, 0.3) is 0 Å². The number of benzene rings is 1. The van der Waals surface area contributed by atoms with E-state index in [0.717, 1.165) is 0 Å². The fraction of sp³-hybridized carbons (Fsp3) is 0.250. The third-order valence-electron chi connectivity index (χ3n) is 3.14. The number of alkyl halides is 2. The number of nitrogens with one attached hydrogen (secondary N) is 1. The Morgan fingerprint density at radius 1 is 1.17 bits per heavy atom. The molecule has 0 atom stereocenters. The lowest BCUT2D eigenvalue weighted by Gasteiger charge is -2.11. The van der Waals surface area contributed by atoms with E-state index >= 15 is 0 Å². The molecular weight excluding hydrogens is 306 g/mol. The van der Waals surface area contributed by atoms with Crippen LogP contribution in [0.2, 0.25) is 0 Å². The van der Waals surface area contributed by atoms with Crippen LogP contribution in [-0.2, 0) is 17.9 Å². The molecule has 1 aromatic carbocycles. The number of hydrogen-bond donors (Lipinski definition) is 1. The van der Waals surface area contributed by atoms with Gasteiger partial charge >= 0.3 is 6.61 Å². The van der Waals surface area contributed by atoms with Gasteiger partial charge in [-0.25, -0.2) is 0 Å². The Hall–Kier alpha value is -2.70. The monoisotopic (exact) mass is 322 g/mol. The van der Waals surface area contributed by atoms with Gasteiger partial charge in [-0.1, -0.05) is 24.3 Å². The van der Waals surface area contributed by atoms with E-state index in [1.165, 1.54) is 16.7 Å². The number of aromatic nitrogens is 1. The maximum absolute atomic E-state index is 12.3. The molecule has 0 spiro atoms. The molecule has 7 heteroatoms. The fourth-order valence-electron chi connectivity index (χ4n) is 2.01. The Balaban J connectivity index is 1.87. The van der Waals surface area contributed by atoms with Crippen LogP contribution in [0.1, 0.15) is 12.0 Å². The third-order valence-corrected chi connectivity index (χ3v) is 3.14. The zero-order chi connectivity index (χ0) is 16.7. The van der Waals surface area contributed by atoms with E-state index in [0.29, 0.717) is 5.56 Å². The van der Waals surface area contributed by atoms with E-state index in [1.807, 2.05) is 0 Å². The number of nitrogens with zero attached hydrogens (tertiary/aromatic N) is 1. The molecule has 23 heavy (non-hydrogen) atoms. The molecule has 1 amide bonds. The van der Waals surface area contributed by atoms with Crippen molar-refractivity contribution in [2.24, 2.45) is 0 Å². The number of rotatable bonds is 7. The highest BCUT2D eigenvalue weighted by molar-refractivity contribution is 5.75. The SMILES string of the molecule is O=C(CCn1ccccc1=O)NCc1ccccc1OC(F)F. The number of carbonyl (C=O) groups excluding carboxylic acids is 1. The Bertz CT molecular complexity index is 716. The van der Waals surface area contributed by atoms with Crippen LogP contribution in [0.4, 0.5) is 8.78 Å². The highest BCUT2D eigenvalue weighted by Crippen LogP contribution is 2.19. The first kappa shape index (κ1) is 16.7. The van der Waals surface area contributed by atoms with Gasteiger partial charge in [0.05, 0.1) is 0 Å². The largest absolute Gasteiger partial charge is 0.434 e. The van der Waals surface area contributed by atoms with E-state index in [-0.39, 0.29) is 36.7 Å². The summed E-state index contributed by atoms with van der Waals surface area (Å²) in [7, 11) is 0. The van der Waals surface area contributed by atoms with Gasteiger partial charge in [0, 0.05) is 37.3 Å². The number of amides is 1. The minimum atomic E-state index is -2.92. The molecule has 0 aliphatic rings. The summed E-state index contributed by atoms with van der Waals surface area (Å²) in [5.41, 5.74) is 0.272. The first-order chi connectivity index (χ1) is 11.1. The van der Waals surface area contributed by atoms with Crippen molar-refractivity contribution < 1.29 is 18.3 Å². The number of hydrogen-bond acceptors (Lipinski definition) is 3. The maximum atomic E-state index is 12.3. The molecular formula is C16H16F2N2O3. The number of pyridine rings is 1. The molecule has 2 rings (SSSR count). The molecule has 0 saturated heterocycles. The molecule has 1 heterocycles. The highest BCUT2D eigenvalue weighted by atomic mass is 19.3. The predicted octanol–water partition coefficient (Wildman–Crippen LogP) is 2.16. The van der Waals surface area contributed by atoms with Crippen LogP contribution in [0, 0.1) is 0 Å². The summed E-state index contributed by atoms with van der Waals surface area (Å²) in [5, 5.41) is 2.62. The first-order valence-corrected chi connectivity index (χ1v) is 7.01. The van der Waals surface area contributed by atoms with E-state index < -0.39 is 6.61 Å². The highest BCUT2D eigenvalue weighted by Gasteiger charge is 2.10. The summed E-state index contributed by atoms with van der Waals surface area (Å²) in [6, 6.07) is 11.0. The van der Waals surface area contributed by atoms with Crippen LogP contribution in [0.3, 0.4) is 0 Å². The zero-order valence-corrected chi connectivity index (χ0v) is 12.2. The number of ether oxygens (including phenoxy) is 1. The van der Waals surface area contributed by atoms with Crippen molar-refractivity contribution in [3.8, 4) is 5.75 Å². The number of halogens is 2. The van der Waals surface area contributed by atoms with Gasteiger partial charge < -0.3 is 14.6 Å². The lowest BCUT2D eigenvalue weighted by molar-refractivity contribution is -0.121. The van der Waals surface area contributed by atoms with Gasteiger partial charge in [0.1, 0.15) is 5.75 Å². The summed E-state index contributed by atoms with van der Waals surface area (Å²) in [6.45, 7) is -2.59. The lowest BCUT2D eigenvalue weighted by atomic mass is 10.2. The van der Waals surface area contributed by atoms with Gasteiger partial charge in [0.15, 0.2) is 0 Å². The molecule has 0 fully saturated rings. The van der Waals surface area contributed by atoms with Gasteiger partial charge in [-0.05, 0) is 12.1 Å². The summed E-state index contributed by atoms with van der Waals surface area (Å²) in [4.78, 5) is 23.3. The van der Waals surface area contributed by atoms with Crippen LogP contribution in [0.15, 0.2) is 53.5 Å². The van der Waals surface area contributed by atoms with Crippen molar-refractivity contribution in [3.05, 3.63) is 64.6 Å². The molecule has 5 nitrogen and oxygen atoms in total. The zero-order valence-electron chi connectivity index (χ0n) is 12.2. The van der Waals surface area contributed by atoms with Gasteiger partial charge in [0.25, 0.3) is 5.56 Å². The molecule has 0 aliphatic heterocycles. The molecule has 122 valence electrons. The average molecular weight is 322 g/mol. The standard InChI is InChI=1S/C16H16F2N2O3/c17-16(18)23-13-6-2-1-5-12(13)11-19-14(21)8-10-20-9-4-3-7-15(20)22/h1-7,9,16H,8,10-11H2,(H,19,21). The summed E-state index contributed by atoms with van der Waals surface area (Å²) >= 11 is 0. The fourth-order valence-corrected chi connectivity index (χ4v) is 2.01. The summed E-state index contributed by atoms with van der Waals surface area (Å²) in [5.74, 6) is -0.255. The molecule has 0 saturated carbocycles. The molecule has 0 aliphatic carbocycles. The molecule has 2 aromatic rings. The van der Waals surface area contributed by atoms with E-state index in [4.69, 9.17) is 0 Å². The predicted molar refractivity (Wildman–Crippen MR) is 80.2 cm³/mol. The number of carbonyl (C=O) groups is 1. The molecule has 0 unspecified atom stereocenters. The normalized spacial score (nSPS) is 10.6. The minimum absolute atomic E-state index is 0.0297. The van der Waals surface area contributed by atoms with Crippen molar-refractivity contribution in [2.45, 2.75) is 26.1 Å². The maximum Gasteiger partial charge on any atom is 0.387 e. The number of para-hydroxylation sites is 1. The third kappa shape index (κ3) is 5.21. The van der Waals surface area contributed by atoms with E-state index in [1.54, 1.807) is 36.5 Å².